The van der Waals surface area contributed by atoms with E-state index >= 15 is 0 Å². The van der Waals surface area contributed by atoms with Crippen LogP contribution in [0.25, 0.3) is 0 Å². The third-order valence-corrected chi connectivity index (χ3v) is 3.38. The molecule has 0 aliphatic carbocycles. The first-order valence-electron chi connectivity index (χ1n) is 6.11. The monoisotopic (exact) mass is 260 g/mol. The van der Waals surface area contributed by atoms with Crippen molar-refractivity contribution in [1.82, 2.24) is 0 Å². The van der Waals surface area contributed by atoms with Crippen molar-refractivity contribution in [2.45, 2.75) is 19.3 Å². The molecule has 1 unspecified atom stereocenters. The maximum atomic E-state index is 9.55. The fraction of sp³-hybridized carbons (Fsp3) is 0.250. The Morgan fingerprint density at radius 1 is 1.11 bits per heavy atom. The third kappa shape index (κ3) is 3.34. The fourth-order valence-corrected chi connectivity index (χ4v) is 2.27. The van der Waals surface area contributed by atoms with E-state index in [1.54, 1.807) is 0 Å². The zero-order valence-corrected chi connectivity index (χ0v) is 11.2. The summed E-state index contributed by atoms with van der Waals surface area (Å²) in [6, 6.07) is 16.1. The van der Waals surface area contributed by atoms with Crippen LogP contribution in [0.4, 0.5) is 0 Å². The maximum Gasteiger partial charge on any atom is 0.0502 e. The Balaban J connectivity index is 2.17. The molecule has 0 bridgehead atoms. The van der Waals surface area contributed by atoms with Crippen LogP contribution in [0.1, 0.15) is 22.6 Å². The molecule has 1 N–H and O–H groups in total. The number of aliphatic hydroxyl groups excluding tert-OH is 1. The van der Waals surface area contributed by atoms with Crippen LogP contribution in [-0.4, -0.2) is 11.7 Å². The van der Waals surface area contributed by atoms with Gasteiger partial charge >= 0.3 is 0 Å². The van der Waals surface area contributed by atoms with Gasteiger partial charge in [-0.3, -0.25) is 0 Å². The molecule has 0 aromatic heterocycles. The van der Waals surface area contributed by atoms with Crippen molar-refractivity contribution in [2.24, 2.45) is 0 Å². The lowest BCUT2D eigenvalue weighted by Crippen LogP contribution is -2.07. The average molecular weight is 261 g/mol. The predicted molar refractivity (Wildman–Crippen MR) is 76.2 cm³/mol. The van der Waals surface area contributed by atoms with Crippen molar-refractivity contribution in [3.63, 3.8) is 0 Å². The van der Waals surface area contributed by atoms with E-state index in [0.717, 1.165) is 17.0 Å². The van der Waals surface area contributed by atoms with Gasteiger partial charge < -0.3 is 5.11 Å². The summed E-state index contributed by atoms with van der Waals surface area (Å²) >= 11 is 5.88. The number of hydrogen-bond acceptors (Lipinski definition) is 1. The normalized spacial score (nSPS) is 12.4. The number of rotatable bonds is 4. The maximum absolute atomic E-state index is 9.55. The highest BCUT2D eigenvalue weighted by Gasteiger charge is 2.11. The highest BCUT2D eigenvalue weighted by molar-refractivity contribution is 6.30. The van der Waals surface area contributed by atoms with E-state index in [1.165, 1.54) is 11.1 Å². The van der Waals surface area contributed by atoms with Gasteiger partial charge in [-0.25, -0.2) is 0 Å². The molecule has 0 saturated heterocycles. The van der Waals surface area contributed by atoms with Crippen LogP contribution in [0.15, 0.2) is 48.5 Å². The first-order chi connectivity index (χ1) is 8.69. The minimum Gasteiger partial charge on any atom is -0.396 e. The molecule has 0 saturated carbocycles. The van der Waals surface area contributed by atoms with Crippen LogP contribution in [-0.2, 0) is 6.42 Å². The summed E-state index contributed by atoms with van der Waals surface area (Å²) < 4.78 is 0. The zero-order valence-electron chi connectivity index (χ0n) is 10.4. The van der Waals surface area contributed by atoms with E-state index in [9.17, 15) is 5.11 Å². The Hall–Kier alpha value is -1.31. The fourth-order valence-electron chi connectivity index (χ4n) is 2.15. The molecule has 0 aliphatic rings. The molecule has 2 rings (SSSR count). The summed E-state index contributed by atoms with van der Waals surface area (Å²) in [5, 5.41) is 10.3. The first-order valence-corrected chi connectivity index (χ1v) is 6.48. The van der Waals surface area contributed by atoms with Gasteiger partial charge in [0, 0.05) is 10.9 Å². The van der Waals surface area contributed by atoms with Crippen LogP contribution in [0, 0.1) is 6.92 Å². The smallest absolute Gasteiger partial charge is 0.0502 e. The number of aliphatic hydroxyl groups is 1. The summed E-state index contributed by atoms with van der Waals surface area (Å²) in [6.07, 6.45) is 0.847. The van der Waals surface area contributed by atoms with E-state index in [-0.39, 0.29) is 12.5 Å². The number of hydrogen-bond donors (Lipinski definition) is 1. The van der Waals surface area contributed by atoms with E-state index in [0.29, 0.717) is 0 Å². The Morgan fingerprint density at radius 3 is 2.44 bits per heavy atom. The van der Waals surface area contributed by atoms with Gasteiger partial charge in [-0.15, -0.1) is 0 Å². The molecule has 2 aromatic carbocycles. The minimum atomic E-state index is 0.129. The lowest BCUT2D eigenvalue weighted by Gasteiger charge is -2.15. The molecular weight excluding hydrogens is 244 g/mol. The van der Waals surface area contributed by atoms with E-state index in [4.69, 9.17) is 11.6 Å². The van der Waals surface area contributed by atoms with Crippen molar-refractivity contribution in [2.75, 3.05) is 6.61 Å². The van der Waals surface area contributed by atoms with E-state index < -0.39 is 0 Å². The molecule has 2 aromatic rings. The Kier molecular flexibility index (Phi) is 4.40. The summed E-state index contributed by atoms with van der Waals surface area (Å²) in [4.78, 5) is 0. The minimum absolute atomic E-state index is 0.129. The number of aryl methyl sites for hydroxylation is 1. The lowest BCUT2D eigenvalue weighted by molar-refractivity contribution is 0.264. The van der Waals surface area contributed by atoms with Crippen LogP contribution >= 0.6 is 11.6 Å². The molecule has 94 valence electrons. The molecule has 1 nitrogen and oxygen atoms in total. The largest absolute Gasteiger partial charge is 0.396 e. The number of halogens is 1. The summed E-state index contributed by atoms with van der Waals surface area (Å²) in [5.74, 6) is 0.129. The Morgan fingerprint density at radius 2 is 1.83 bits per heavy atom. The second-order valence-corrected chi connectivity index (χ2v) is 5.06. The Bertz CT molecular complexity index is 505. The predicted octanol–water partition coefficient (Wildman–Crippen LogP) is 3.97. The van der Waals surface area contributed by atoms with Crippen molar-refractivity contribution in [3.8, 4) is 0 Å². The quantitative estimate of drug-likeness (QED) is 0.882. The van der Waals surface area contributed by atoms with Gasteiger partial charge in [0.15, 0.2) is 0 Å². The highest BCUT2D eigenvalue weighted by atomic mass is 35.5. The average Bonchev–Trinajstić information content (AvgIpc) is 2.37. The van der Waals surface area contributed by atoms with Gasteiger partial charge in [0.25, 0.3) is 0 Å². The summed E-state index contributed by atoms with van der Waals surface area (Å²) in [6.45, 7) is 2.23. The van der Waals surface area contributed by atoms with E-state index in [2.05, 4.69) is 31.2 Å². The zero-order chi connectivity index (χ0) is 13.0. The SMILES string of the molecule is Cc1cccc(CC(CO)c2ccc(Cl)cc2)c1. The van der Waals surface area contributed by atoms with Crippen LogP contribution in [0.2, 0.25) is 5.02 Å². The van der Waals surface area contributed by atoms with Crippen LogP contribution in [0.3, 0.4) is 0 Å². The topological polar surface area (TPSA) is 20.2 Å². The molecule has 0 radical (unpaired) electrons. The van der Waals surface area contributed by atoms with Crippen molar-refractivity contribution in [1.29, 1.82) is 0 Å². The van der Waals surface area contributed by atoms with Gasteiger partial charge in [0.2, 0.25) is 0 Å². The van der Waals surface area contributed by atoms with Gasteiger partial charge in [0.1, 0.15) is 0 Å². The van der Waals surface area contributed by atoms with Gasteiger partial charge in [-0.2, -0.15) is 0 Å². The Labute approximate surface area is 113 Å². The second-order valence-electron chi connectivity index (χ2n) is 4.62. The molecule has 0 fully saturated rings. The van der Waals surface area contributed by atoms with Crippen molar-refractivity contribution in [3.05, 3.63) is 70.2 Å². The molecule has 1 atom stereocenters. The standard InChI is InChI=1S/C16H17ClO/c1-12-3-2-4-13(9-12)10-15(11-18)14-5-7-16(17)8-6-14/h2-9,15,18H,10-11H2,1H3. The van der Waals surface area contributed by atoms with Crippen LogP contribution < -0.4 is 0 Å². The van der Waals surface area contributed by atoms with Crippen molar-refractivity contribution >= 4 is 11.6 Å². The lowest BCUT2D eigenvalue weighted by atomic mass is 9.92. The molecule has 0 heterocycles. The highest BCUT2D eigenvalue weighted by Crippen LogP contribution is 2.22. The summed E-state index contributed by atoms with van der Waals surface area (Å²) in [7, 11) is 0. The van der Waals surface area contributed by atoms with Crippen LogP contribution in [0.5, 0.6) is 0 Å². The second kappa shape index (κ2) is 6.03. The van der Waals surface area contributed by atoms with Gasteiger partial charge in [-0.05, 0) is 36.6 Å². The molecule has 0 spiro atoms. The third-order valence-electron chi connectivity index (χ3n) is 3.13. The summed E-state index contributed by atoms with van der Waals surface area (Å²) in [5.41, 5.74) is 3.63. The van der Waals surface area contributed by atoms with Crippen molar-refractivity contribution < 1.29 is 5.11 Å². The first kappa shape index (κ1) is 13.1. The van der Waals surface area contributed by atoms with Gasteiger partial charge in [-0.1, -0.05) is 53.6 Å². The van der Waals surface area contributed by atoms with E-state index in [1.807, 2.05) is 24.3 Å². The molecular formula is C16H17ClO. The molecule has 2 heteroatoms. The molecule has 18 heavy (non-hydrogen) atoms. The molecule has 0 aliphatic heterocycles. The van der Waals surface area contributed by atoms with Gasteiger partial charge in [0.05, 0.1) is 6.61 Å². The number of benzene rings is 2. The molecule has 0 amide bonds.